The average Bonchev–Trinajstić information content (AvgIpc) is 2.54. The van der Waals surface area contributed by atoms with Gasteiger partial charge in [0.05, 0.1) is 6.10 Å². The lowest BCUT2D eigenvalue weighted by molar-refractivity contribution is 0.0927. The fourth-order valence-electron chi connectivity index (χ4n) is 2.90. The lowest BCUT2D eigenvalue weighted by Gasteiger charge is -2.24. The molecule has 1 aliphatic carbocycles. The van der Waals surface area contributed by atoms with Crippen LogP contribution in [0.2, 0.25) is 0 Å². The smallest absolute Gasteiger partial charge is 0.251 e. The van der Waals surface area contributed by atoms with E-state index in [0.717, 1.165) is 18.6 Å². The van der Waals surface area contributed by atoms with Gasteiger partial charge < -0.3 is 15.2 Å². The van der Waals surface area contributed by atoms with Crippen LogP contribution >= 0.6 is 0 Å². The summed E-state index contributed by atoms with van der Waals surface area (Å²) in [6.07, 6.45) is 6.91. The van der Waals surface area contributed by atoms with E-state index >= 15 is 0 Å². The Labute approximate surface area is 139 Å². The first-order chi connectivity index (χ1) is 11.0. The molecule has 23 heavy (non-hydrogen) atoms. The minimum absolute atomic E-state index is 0.0925. The molecule has 128 valence electrons. The Bertz CT molecular complexity index is 507. The van der Waals surface area contributed by atoms with Gasteiger partial charge in [0, 0.05) is 18.7 Å². The van der Waals surface area contributed by atoms with Crippen LogP contribution in [0.15, 0.2) is 24.3 Å². The molecule has 0 heterocycles. The minimum atomic E-state index is -0.110. The van der Waals surface area contributed by atoms with Gasteiger partial charge >= 0.3 is 0 Å². The molecule has 1 amide bonds. The molecule has 1 aliphatic rings. The summed E-state index contributed by atoms with van der Waals surface area (Å²) in [5.74, 6) is 0.685. The lowest BCUT2D eigenvalue weighted by atomic mass is 9.89. The lowest BCUT2D eigenvalue weighted by Crippen LogP contribution is -2.34. The molecule has 0 spiro atoms. The molecule has 0 unspecified atom stereocenters. The van der Waals surface area contributed by atoms with Crippen molar-refractivity contribution in [2.75, 3.05) is 13.2 Å². The van der Waals surface area contributed by atoms with Gasteiger partial charge in [0.1, 0.15) is 5.75 Å². The fraction of sp³-hybridized carbons (Fsp3) is 0.632. The van der Waals surface area contributed by atoms with E-state index in [1.165, 1.54) is 19.3 Å². The summed E-state index contributed by atoms with van der Waals surface area (Å²) in [4.78, 5) is 12.3. The van der Waals surface area contributed by atoms with Gasteiger partial charge in [-0.1, -0.05) is 26.3 Å². The Morgan fingerprint density at radius 2 is 2.04 bits per heavy atom. The molecule has 0 saturated heterocycles. The largest absolute Gasteiger partial charge is 0.490 e. The number of ether oxygens (including phenoxy) is 1. The molecule has 1 saturated carbocycles. The number of aliphatic hydroxyl groups excluding tert-OH is 1. The van der Waals surface area contributed by atoms with E-state index in [1.807, 2.05) is 38.1 Å². The molecule has 4 nitrogen and oxygen atoms in total. The van der Waals surface area contributed by atoms with Crippen LogP contribution in [0.5, 0.6) is 5.75 Å². The molecule has 0 radical (unpaired) electrons. The molecule has 0 bridgehead atoms. The molecule has 0 atom stereocenters. The van der Waals surface area contributed by atoms with Crippen LogP contribution in [0, 0.1) is 5.41 Å². The highest BCUT2D eigenvalue weighted by molar-refractivity contribution is 5.94. The summed E-state index contributed by atoms with van der Waals surface area (Å²) < 4.78 is 6.02. The van der Waals surface area contributed by atoms with E-state index in [9.17, 15) is 4.79 Å². The molecule has 4 heteroatoms. The predicted octanol–water partition coefficient (Wildman–Crippen LogP) is 3.54. The zero-order valence-corrected chi connectivity index (χ0v) is 14.3. The molecular formula is C19H29NO3. The third kappa shape index (κ3) is 5.87. The van der Waals surface area contributed by atoms with Gasteiger partial charge in [-0.15, -0.1) is 0 Å². The second-order valence-electron chi connectivity index (χ2n) is 7.23. The van der Waals surface area contributed by atoms with E-state index in [0.29, 0.717) is 18.5 Å². The van der Waals surface area contributed by atoms with Crippen molar-refractivity contribution in [2.45, 2.75) is 58.5 Å². The van der Waals surface area contributed by atoms with Crippen LogP contribution in [0.1, 0.15) is 62.7 Å². The fourth-order valence-corrected chi connectivity index (χ4v) is 2.90. The first-order valence-electron chi connectivity index (χ1n) is 8.66. The second kappa shape index (κ2) is 8.34. The van der Waals surface area contributed by atoms with Crippen molar-refractivity contribution >= 4 is 5.91 Å². The molecule has 1 fully saturated rings. The zero-order chi connectivity index (χ0) is 16.7. The van der Waals surface area contributed by atoms with Gasteiger partial charge in [0.15, 0.2) is 0 Å². The van der Waals surface area contributed by atoms with Crippen LogP contribution in [0.4, 0.5) is 0 Å². The maximum atomic E-state index is 12.3. The first kappa shape index (κ1) is 17.8. The Balaban J connectivity index is 1.91. The summed E-state index contributed by atoms with van der Waals surface area (Å²) in [5, 5.41) is 12.0. The number of hydrogen-bond donors (Lipinski definition) is 2. The molecular weight excluding hydrogens is 290 g/mol. The number of carbonyl (C=O) groups is 1. The molecule has 0 aliphatic heterocycles. The van der Waals surface area contributed by atoms with E-state index in [2.05, 4.69) is 5.32 Å². The standard InChI is InChI=1S/C19H29NO3/c1-19(2,11-12-21)14-20-18(22)15-7-6-10-17(13-15)23-16-8-4-3-5-9-16/h6-7,10,13,16,21H,3-5,8-9,11-12,14H2,1-2H3,(H,20,22). The molecule has 0 aromatic heterocycles. The van der Waals surface area contributed by atoms with E-state index in [-0.39, 0.29) is 24.0 Å². The molecule has 2 N–H and O–H groups in total. The summed E-state index contributed by atoms with van der Waals surface area (Å²) >= 11 is 0. The van der Waals surface area contributed by atoms with Gasteiger partial charge in [-0.3, -0.25) is 4.79 Å². The molecule has 1 aromatic carbocycles. The molecule has 2 rings (SSSR count). The number of aliphatic hydroxyl groups is 1. The van der Waals surface area contributed by atoms with Crippen LogP contribution in [0.3, 0.4) is 0 Å². The molecule has 1 aromatic rings. The highest BCUT2D eigenvalue weighted by atomic mass is 16.5. The Kier molecular flexibility index (Phi) is 6.46. The quantitative estimate of drug-likeness (QED) is 0.808. The summed E-state index contributed by atoms with van der Waals surface area (Å²) in [7, 11) is 0. The Morgan fingerprint density at radius 1 is 1.30 bits per heavy atom. The average molecular weight is 319 g/mol. The minimum Gasteiger partial charge on any atom is -0.490 e. The van der Waals surface area contributed by atoms with Crippen LogP contribution in [0.25, 0.3) is 0 Å². The van der Waals surface area contributed by atoms with Crippen LogP contribution in [-0.2, 0) is 0 Å². The summed E-state index contributed by atoms with van der Waals surface area (Å²) in [6, 6.07) is 7.41. The summed E-state index contributed by atoms with van der Waals surface area (Å²) in [5.41, 5.74) is 0.513. The second-order valence-corrected chi connectivity index (χ2v) is 7.23. The van der Waals surface area contributed by atoms with Crippen LogP contribution < -0.4 is 10.1 Å². The number of benzene rings is 1. The predicted molar refractivity (Wildman–Crippen MR) is 91.8 cm³/mol. The van der Waals surface area contributed by atoms with E-state index in [1.54, 1.807) is 0 Å². The van der Waals surface area contributed by atoms with Gasteiger partial charge in [-0.25, -0.2) is 0 Å². The van der Waals surface area contributed by atoms with Crippen molar-refractivity contribution in [3.8, 4) is 5.75 Å². The van der Waals surface area contributed by atoms with E-state index in [4.69, 9.17) is 9.84 Å². The van der Waals surface area contributed by atoms with Crippen molar-refractivity contribution in [1.29, 1.82) is 0 Å². The summed E-state index contributed by atoms with van der Waals surface area (Å²) in [6.45, 7) is 4.74. The van der Waals surface area contributed by atoms with Gasteiger partial charge in [0.2, 0.25) is 0 Å². The normalized spacial score (nSPS) is 16.1. The number of hydrogen-bond acceptors (Lipinski definition) is 3. The zero-order valence-electron chi connectivity index (χ0n) is 14.3. The maximum absolute atomic E-state index is 12.3. The Morgan fingerprint density at radius 3 is 2.74 bits per heavy atom. The van der Waals surface area contributed by atoms with Gasteiger partial charge in [0.25, 0.3) is 5.91 Å². The number of amides is 1. The highest BCUT2D eigenvalue weighted by Gasteiger charge is 2.19. The van der Waals surface area contributed by atoms with Crippen molar-refractivity contribution in [3.63, 3.8) is 0 Å². The van der Waals surface area contributed by atoms with Crippen molar-refractivity contribution in [1.82, 2.24) is 5.32 Å². The third-order valence-electron chi connectivity index (χ3n) is 4.47. The van der Waals surface area contributed by atoms with Gasteiger partial charge in [-0.2, -0.15) is 0 Å². The number of nitrogens with one attached hydrogen (secondary N) is 1. The topological polar surface area (TPSA) is 58.6 Å². The maximum Gasteiger partial charge on any atom is 0.251 e. The number of carbonyl (C=O) groups excluding carboxylic acids is 1. The monoisotopic (exact) mass is 319 g/mol. The van der Waals surface area contributed by atoms with Crippen molar-refractivity contribution in [2.24, 2.45) is 5.41 Å². The van der Waals surface area contributed by atoms with Gasteiger partial charge in [-0.05, 0) is 55.7 Å². The van der Waals surface area contributed by atoms with Crippen molar-refractivity contribution < 1.29 is 14.6 Å². The Hall–Kier alpha value is -1.55. The van der Waals surface area contributed by atoms with Crippen molar-refractivity contribution in [3.05, 3.63) is 29.8 Å². The number of rotatable bonds is 7. The van der Waals surface area contributed by atoms with E-state index < -0.39 is 0 Å². The SMILES string of the molecule is CC(C)(CCO)CNC(=O)c1cccc(OC2CCCCC2)c1. The first-order valence-corrected chi connectivity index (χ1v) is 8.66. The van der Waals surface area contributed by atoms with Crippen LogP contribution in [-0.4, -0.2) is 30.3 Å². The highest BCUT2D eigenvalue weighted by Crippen LogP contribution is 2.24. The third-order valence-corrected chi connectivity index (χ3v) is 4.47.